The van der Waals surface area contributed by atoms with Gasteiger partial charge in [0.05, 0.1) is 17.7 Å². The Balaban J connectivity index is 2.00. The number of hydrogen-bond donors (Lipinski definition) is 4. The molecule has 2 aromatic heterocycles. The number of aliphatic hydroxyl groups is 3. The first-order chi connectivity index (χ1) is 8.72. The van der Waals surface area contributed by atoms with Crippen molar-refractivity contribution in [2.45, 2.75) is 24.4 Å². The van der Waals surface area contributed by atoms with Gasteiger partial charge in [0.1, 0.15) is 30.7 Å². The molecule has 0 radical (unpaired) electrons. The van der Waals surface area contributed by atoms with Gasteiger partial charge < -0.3 is 20.1 Å². The molecule has 0 spiro atoms. The molecular weight excluding hydrogens is 240 g/mol. The minimum absolute atomic E-state index is 0.364. The molecule has 0 aliphatic carbocycles. The first-order valence-corrected chi connectivity index (χ1v) is 5.49. The Morgan fingerprint density at radius 2 is 2.17 bits per heavy atom. The van der Waals surface area contributed by atoms with Gasteiger partial charge in [-0.05, 0) is 0 Å². The van der Waals surface area contributed by atoms with Crippen molar-refractivity contribution in [2.24, 2.45) is 0 Å². The largest absolute Gasteiger partial charge is 0.394 e. The summed E-state index contributed by atoms with van der Waals surface area (Å²) in [6, 6.07) is 0. The number of aliphatic hydroxyl groups excluding tert-OH is 3. The van der Waals surface area contributed by atoms with E-state index >= 15 is 0 Å². The van der Waals surface area contributed by atoms with Crippen molar-refractivity contribution >= 4 is 11.0 Å². The van der Waals surface area contributed by atoms with Crippen LogP contribution in [0.25, 0.3) is 11.0 Å². The van der Waals surface area contributed by atoms with Crippen molar-refractivity contribution in [3.8, 4) is 0 Å². The summed E-state index contributed by atoms with van der Waals surface area (Å²) in [7, 11) is 0. The fourth-order valence-electron chi connectivity index (χ4n) is 2.13. The minimum atomic E-state index is -1.14. The van der Waals surface area contributed by atoms with Gasteiger partial charge in [-0.2, -0.15) is 5.10 Å². The minimum Gasteiger partial charge on any atom is -0.394 e. The Morgan fingerprint density at radius 3 is 2.89 bits per heavy atom. The summed E-state index contributed by atoms with van der Waals surface area (Å²) in [5, 5.41) is 36.0. The van der Waals surface area contributed by atoms with E-state index in [0.29, 0.717) is 16.7 Å². The van der Waals surface area contributed by atoms with Gasteiger partial charge in [0.15, 0.2) is 5.65 Å². The molecule has 18 heavy (non-hydrogen) atoms. The average molecular weight is 252 g/mol. The number of H-pyrrole nitrogens is 1. The highest BCUT2D eigenvalue weighted by atomic mass is 16.6. The molecule has 1 fully saturated rings. The molecule has 1 saturated heterocycles. The van der Waals surface area contributed by atoms with E-state index < -0.39 is 24.4 Å². The predicted molar refractivity (Wildman–Crippen MR) is 58.4 cm³/mol. The third kappa shape index (κ3) is 1.58. The van der Waals surface area contributed by atoms with E-state index in [2.05, 4.69) is 20.2 Å². The van der Waals surface area contributed by atoms with Gasteiger partial charge in [-0.25, -0.2) is 9.97 Å². The molecule has 0 saturated carbocycles. The van der Waals surface area contributed by atoms with Gasteiger partial charge >= 0.3 is 0 Å². The quantitative estimate of drug-likeness (QED) is 0.513. The van der Waals surface area contributed by atoms with E-state index in [1.807, 2.05) is 0 Å². The van der Waals surface area contributed by atoms with Crippen LogP contribution >= 0.6 is 0 Å². The molecule has 8 nitrogen and oxygen atoms in total. The van der Waals surface area contributed by atoms with Crippen LogP contribution in [0.4, 0.5) is 0 Å². The highest BCUT2D eigenvalue weighted by Crippen LogP contribution is 2.34. The van der Waals surface area contributed by atoms with Crippen LogP contribution < -0.4 is 0 Å². The maximum absolute atomic E-state index is 9.92. The van der Waals surface area contributed by atoms with Crippen molar-refractivity contribution in [3.63, 3.8) is 0 Å². The molecule has 4 N–H and O–H groups in total. The number of fused-ring (bicyclic) bond motifs is 1. The Hall–Kier alpha value is -1.61. The van der Waals surface area contributed by atoms with E-state index in [1.54, 1.807) is 6.20 Å². The van der Waals surface area contributed by atoms with Gasteiger partial charge in [-0.15, -0.1) is 0 Å². The van der Waals surface area contributed by atoms with E-state index in [-0.39, 0.29) is 6.61 Å². The Bertz CT molecular complexity index is 560. The second-order valence-corrected chi connectivity index (χ2v) is 4.16. The van der Waals surface area contributed by atoms with Crippen LogP contribution in [0.5, 0.6) is 0 Å². The Kier molecular flexibility index (Phi) is 2.71. The number of ether oxygens (including phenoxy) is 1. The zero-order valence-corrected chi connectivity index (χ0v) is 9.26. The molecule has 0 bridgehead atoms. The summed E-state index contributed by atoms with van der Waals surface area (Å²) < 4.78 is 5.41. The lowest BCUT2D eigenvalue weighted by Gasteiger charge is -2.12. The molecule has 96 valence electrons. The molecule has 1 unspecified atom stereocenters. The number of aromatic amines is 1. The predicted octanol–water partition coefficient (Wildman–Crippen LogP) is -1.49. The lowest BCUT2D eigenvalue weighted by atomic mass is 10.0. The van der Waals surface area contributed by atoms with Crippen molar-refractivity contribution in [1.82, 2.24) is 20.2 Å². The molecular formula is C10H12N4O4. The molecule has 1 aliphatic rings. The van der Waals surface area contributed by atoms with Gasteiger partial charge in [-0.1, -0.05) is 0 Å². The standard InChI is InChI=1S/C10H12N4O4/c15-2-5-7(16)8(17)9(18-5)6-4-1-11-3-12-10(4)14-13-6/h1,3,5,7-9,15-17H,2H2,(H,11,12,13,14)/t5-,7-,8-,9?/m1/s1. The van der Waals surface area contributed by atoms with Gasteiger partial charge in [0.2, 0.25) is 0 Å². The molecule has 3 rings (SSSR count). The first-order valence-electron chi connectivity index (χ1n) is 5.49. The first kappa shape index (κ1) is 11.5. The summed E-state index contributed by atoms with van der Waals surface area (Å²) in [4.78, 5) is 7.83. The smallest absolute Gasteiger partial charge is 0.184 e. The van der Waals surface area contributed by atoms with E-state index in [1.165, 1.54) is 6.33 Å². The highest BCUT2D eigenvalue weighted by molar-refractivity contribution is 5.76. The maximum atomic E-state index is 9.92. The monoisotopic (exact) mass is 252 g/mol. The van der Waals surface area contributed by atoms with Crippen LogP contribution in [0.2, 0.25) is 0 Å². The van der Waals surface area contributed by atoms with Crippen molar-refractivity contribution < 1.29 is 20.1 Å². The number of nitrogens with one attached hydrogen (secondary N) is 1. The normalized spacial score (nSPS) is 32.2. The topological polar surface area (TPSA) is 124 Å². The summed E-state index contributed by atoms with van der Waals surface area (Å²) in [6.45, 7) is -0.364. The fourth-order valence-corrected chi connectivity index (χ4v) is 2.13. The second kappa shape index (κ2) is 4.25. The maximum Gasteiger partial charge on any atom is 0.184 e. The van der Waals surface area contributed by atoms with Crippen molar-refractivity contribution in [3.05, 3.63) is 18.2 Å². The number of aromatic nitrogens is 4. The second-order valence-electron chi connectivity index (χ2n) is 4.16. The lowest BCUT2D eigenvalue weighted by molar-refractivity contribution is -0.0235. The molecule has 2 aromatic rings. The van der Waals surface area contributed by atoms with Crippen LogP contribution in [0, 0.1) is 0 Å². The zero-order valence-electron chi connectivity index (χ0n) is 9.26. The van der Waals surface area contributed by atoms with E-state index in [0.717, 1.165) is 0 Å². The number of hydrogen-bond acceptors (Lipinski definition) is 7. The zero-order chi connectivity index (χ0) is 12.7. The lowest BCUT2D eigenvalue weighted by Crippen LogP contribution is -2.32. The summed E-state index contributed by atoms with van der Waals surface area (Å²) in [5.74, 6) is 0. The van der Waals surface area contributed by atoms with Crippen molar-refractivity contribution in [2.75, 3.05) is 6.61 Å². The summed E-state index contributed by atoms with van der Waals surface area (Å²) in [6.07, 6.45) is -0.949. The SMILES string of the molecule is OC[C@H]1OC(c2[nH]nc3ncncc23)[C@H](O)[C@@H]1O. The summed E-state index contributed by atoms with van der Waals surface area (Å²) >= 11 is 0. The third-order valence-corrected chi connectivity index (χ3v) is 3.09. The third-order valence-electron chi connectivity index (χ3n) is 3.09. The van der Waals surface area contributed by atoms with Gasteiger partial charge in [-0.3, -0.25) is 5.10 Å². The fraction of sp³-hybridized carbons (Fsp3) is 0.500. The van der Waals surface area contributed by atoms with E-state index in [9.17, 15) is 10.2 Å². The molecule has 0 amide bonds. The van der Waals surface area contributed by atoms with Crippen LogP contribution in [0.15, 0.2) is 12.5 Å². The average Bonchev–Trinajstić information content (AvgIpc) is 2.93. The van der Waals surface area contributed by atoms with Crippen LogP contribution in [-0.4, -0.2) is 60.4 Å². The van der Waals surface area contributed by atoms with E-state index in [4.69, 9.17) is 9.84 Å². The van der Waals surface area contributed by atoms with Crippen LogP contribution in [-0.2, 0) is 4.74 Å². The van der Waals surface area contributed by atoms with Gasteiger partial charge in [0, 0.05) is 6.20 Å². The molecule has 0 aromatic carbocycles. The molecule has 1 aliphatic heterocycles. The number of nitrogens with zero attached hydrogens (tertiary/aromatic N) is 3. The highest BCUT2D eigenvalue weighted by Gasteiger charge is 2.44. The molecule has 8 heteroatoms. The van der Waals surface area contributed by atoms with Crippen molar-refractivity contribution in [1.29, 1.82) is 0 Å². The molecule has 4 atom stereocenters. The molecule has 3 heterocycles. The van der Waals surface area contributed by atoms with Gasteiger partial charge in [0.25, 0.3) is 0 Å². The Labute approximate surface area is 101 Å². The number of rotatable bonds is 2. The Morgan fingerprint density at radius 1 is 1.33 bits per heavy atom. The van der Waals surface area contributed by atoms with Crippen LogP contribution in [0.1, 0.15) is 11.8 Å². The van der Waals surface area contributed by atoms with Crippen LogP contribution in [0.3, 0.4) is 0 Å². The summed E-state index contributed by atoms with van der Waals surface area (Å²) in [5.41, 5.74) is 0.950.